The van der Waals surface area contributed by atoms with Crippen molar-refractivity contribution in [1.29, 1.82) is 0 Å². The Kier molecular flexibility index (Phi) is 4.23. The fraction of sp³-hybridized carbons (Fsp3) is 0.105. The number of pyridine rings is 2. The van der Waals surface area contributed by atoms with Gasteiger partial charge >= 0.3 is 5.69 Å². The van der Waals surface area contributed by atoms with Gasteiger partial charge in [0.25, 0.3) is 6.43 Å². The van der Waals surface area contributed by atoms with Gasteiger partial charge in [0.05, 0.1) is 18.3 Å². The predicted octanol–water partition coefficient (Wildman–Crippen LogP) is 3.91. The Morgan fingerprint density at radius 1 is 1.07 bits per heavy atom. The smallest absolute Gasteiger partial charge is 0.290 e. The molecule has 3 heterocycles. The lowest BCUT2D eigenvalue weighted by atomic mass is 10.0. The maximum absolute atomic E-state index is 13.4. The molecule has 0 aliphatic rings. The molecule has 0 radical (unpaired) electrons. The van der Waals surface area contributed by atoms with E-state index < -0.39 is 17.9 Å². The van der Waals surface area contributed by atoms with Crippen molar-refractivity contribution in [2.75, 3.05) is 0 Å². The molecule has 3 aromatic heterocycles. The number of benzene rings is 1. The van der Waals surface area contributed by atoms with Crippen LogP contribution in [0.3, 0.4) is 0 Å². The van der Waals surface area contributed by atoms with Gasteiger partial charge in [-0.05, 0) is 29.3 Å². The molecule has 27 heavy (non-hydrogen) atoms. The van der Waals surface area contributed by atoms with Crippen LogP contribution in [0.15, 0.2) is 59.8 Å². The van der Waals surface area contributed by atoms with Crippen molar-refractivity contribution in [2.24, 2.45) is 0 Å². The Bertz CT molecular complexity index is 1180. The van der Waals surface area contributed by atoms with Crippen molar-refractivity contribution >= 4 is 11.2 Å². The summed E-state index contributed by atoms with van der Waals surface area (Å²) in [7, 11) is 0. The van der Waals surface area contributed by atoms with Gasteiger partial charge in [0.1, 0.15) is 5.82 Å². The van der Waals surface area contributed by atoms with E-state index in [0.717, 1.165) is 6.20 Å². The first kappa shape index (κ1) is 17.0. The molecule has 0 fully saturated rings. The summed E-state index contributed by atoms with van der Waals surface area (Å²) in [6.07, 6.45) is 1.49. The van der Waals surface area contributed by atoms with Gasteiger partial charge in [-0.25, -0.2) is 22.9 Å². The average molecular weight is 370 g/mol. The Morgan fingerprint density at radius 3 is 2.70 bits per heavy atom. The maximum atomic E-state index is 13.4. The van der Waals surface area contributed by atoms with E-state index in [1.165, 1.54) is 35.2 Å². The predicted molar refractivity (Wildman–Crippen MR) is 94.0 cm³/mol. The Morgan fingerprint density at radius 2 is 1.93 bits per heavy atom. The van der Waals surface area contributed by atoms with Crippen LogP contribution in [0.1, 0.15) is 17.6 Å². The number of hydrogen-bond donors (Lipinski definition) is 1. The highest BCUT2D eigenvalue weighted by Crippen LogP contribution is 2.26. The number of fused-ring (bicyclic) bond motifs is 1. The second-order valence-electron chi connectivity index (χ2n) is 6.05. The Balaban J connectivity index is 1.80. The van der Waals surface area contributed by atoms with Crippen molar-refractivity contribution in [3.8, 4) is 11.1 Å². The molecule has 8 heteroatoms. The summed E-state index contributed by atoms with van der Waals surface area (Å²) in [5.74, 6) is -0.497. The van der Waals surface area contributed by atoms with Crippen LogP contribution in [-0.2, 0) is 6.54 Å². The van der Waals surface area contributed by atoms with Crippen LogP contribution in [0.4, 0.5) is 13.2 Å². The number of nitrogens with zero attached hydrogens (tertiary/aromatic N) is 3. The van der Waals surface area contributed by atoms with Crippen LogP contribution >= 0.6 is 0 Å². The fourth-order valence-electron chi connectivity index (χ4n) is 2.93. The van der Waals surface area contributed by atoms with Crippen molar-refractivity contribution in [3.05, 3.63) is 82.4 Å². The molecule has 0 bridgehead atoms. The molecule has 136 valence electrons. The molecule has 0 aliphatic heterocycles. The summed E-state index contributed by atoms with van der Waals surface area (Å²) in [4.78, 5) is 22.9. The van der Waals surface area contributed by atoms with Gasteiger partial charge in [0.2, 0.25) is 0 Å². The standard InChI is InChI=1S/C19H13F3N4O/c20-15-4-11(7-23-9-15)10-26-16-6-14(8-24-18(16)25-19(26)27)12-2-1-3-13(5-12)17(21)22/h1-9,17H,10H2,(H,24,25,27). The number of rotatable bonds is 4. The summed E-state index contributed by atoms with van der Waals surface area (Å²) in [6.45, 7) is 0.103. The molecule has 0 spiro atoms. The minimum atomic E-state index is -2.58. The molecular weight excluding hydrogens is 357 g/mol. The number of halogens is 3. The van der Waals surface area contributed by atoms with Gasteiger partial charge in [-0.3, -0.25) is 14.5 Å². The highest BCUT2D eigenvalue weighted by molar-refractivity contribution is 5.78. The van der Waals surface area contributed by atoms with E-state index >= 15 is 0 Å². The number of nitrogens with one attached hydrogen (secondary N) is 1. The monoisotopic (exact) mass is 370 g/mol. The third kappa shape index (κ3) is 3.33. The molecule has 4 rings (SSSR count). The minimum Gasteiger partial charge on any atom is -0.290 e. The lowest BCUT2D eigenvalue weighted by molar-refractivity contribution is 0.151. The molecular formula is C19H13F3N4O. The van der Waals surface area contributed by atoms with Crippen LogP contribution in [0.25, 0.3) is 22.3 Å². The zero-order chi connectivity index (χ0) is 19.0. The molecule has 0 atom stereocenters. The molecule has 0 unspecified atom stereocenters. The first-order valence-corrected chi connectivity index (χ1v) is 8.08. The van der Waals surface area contributed by atoms with E-state index in [1.54, 1.807) is 18.2 Å². The van der Waals surface area contributed by atoms with Gasteiger partial charge < -0.3 is 0 Å². The third-order valence-electron chi connectivity index (χ3n) is 4.20. The van der Waals surface area contributed by atoms with Crippen molar-refractivity contribution in [1.82, 2.24) is 19.5 Å². The van der Waals surface area contributed by atoms with Crippen molar-refractivity contribution < 1.29 is 13.2 Å². The van der Waals surface area contributed by atoms with E-state index in [9.17, 15) is 18.0 Å². The Hall–Kier alpha value is -3.42. The van der Waals surface area contributed by atoms with E-state index in [2.05, 4.69) is 15.0 Å². The summed E-state index contributed by atoms with van der Waals surface area (Å²) < 4.78 is 40.7. The number of aromatic nitrogens is 4. The first-order valence-electron chi connectivity index (χ1n) is 8.08. The normalized spacial score (nSPS) is 11.4. The number of alkyl halides is 2. The molecule has 1 N–H and O–H groups in total. The van der Waals surface area contributed by atoms with Crippen LogP contribution < -0.4 is 5.69 Å². The van der Waals surface area contributed by atoms with E-state index in [-0.39, 0.29) is 12.1 Å². The summed E-state index contributed by atoms with van der Waals surface area (Å²) in [5, 5.41) is 0. The molecule has 0 saturated heterocycles. The molecule has 0 aliphatic carbocycles. The number of imidazole rings is 1. The summed E-state index contributed by atoms with van der Waals surface area (Å²) in [5.41, 5.74) is 2.03. The lowest BCUT2D eigenvalue weighted by Crippen LogP contribution is -2.17. The quantitative estimate of drug-likeness (QED) is 0.592. The van der Waals surface area contributed by atoms with Crippen molar-refractivity contribution in [3.63, 3.8) is 0 Å². The maximum Gasteiger partial charge on any atom is 0.327 e. The first-order chi connectivity index (χ1) is 13.0. The SMILES string of the molecule is O=c1[nH]c2ncc(-c3cccc(C(F)F)c3)cc2n1Cc1cncc(F)c1. The topological polar surface area (TPSA) is 63.6 Å². The molecule has 4 aromatic rings. The third-order valence-corrected chi connectivity index (χ3v) is 4.20. The number of aromatic amines is 1. The summed E-state index contributed by atoms with van der Waals surface area (Å²) >= 11 is 0. The zero-order valence-corrected chi connectivity index (χ0v) is 13.9. The van der Waals surface area contributed by atoms with Gasteiger partial charge in [0.15, 0.2) is 5.65 Å². The molecule has 0 saturated carbocycles. The highest BCUT2D eigenvalue weighted by Gasteiger charge is 2.12. The largest absolute Gasteiger partial charge is 0.327 e. The van der Waals surface area contributed by atoms with Gasteiger partial charge in [-0.15, -0.1) is 0 Å². The van der Waals surface area contributed by atoms with E-state index in [0.29, 0.717) is 27.9 Å². The molecule has 0 amide bonds. The highest BCUT2D eigenvalue weighted by atomic mass is 19.3. The van der Waals surface area contributed by atoms with Gasteiger partial charge in [0, 0.05) is 23.5 Å². The number of hydrogen-bond acceptors (Lipinski definition) is 3. The molecule has 1 aromatic carbocycles. The van der Waals surface area contributed by atoms with E-state index in [1.807, 2.05) is 0 Å². The van der Waals surface area contributed by atoms with Crippen LogP contribution in [0.2, 0.25) is 0 Å². The molecule has 5 nitrogen and oxygen atoms in total. The zero-order valence-electron chi connectivity index (χ0n) is 13.9. The van der Waals surface area contributed by atoms with Crippen LogP contribution in [0.5, 0.6) is 0 Å². The second-order valence-corrected chi connectivity index (χ2v) is 6.05. The average Bonchev–Trinajstić information content (AvgIpc) is 2.96. The van der Waals surface area contributed by atoms with E-state index in [4.69, 9.17) is 0 Å². The van der Waals surface area contributed by atoms with Crippen molar-refractivity contribution in [2.45, 2.75) is 13.0 Å². The summed E-state index contributed by atoms with van der Waals surface area (Å²) in [6, 6.07) is 8.96. The van der Waals surface area contributed by atoms with Crippen LogP contribution in [-0.4, -0.2) is 19.5 Å². The van der Waals surface area contributed by atoms with Gasteiger partial charge in [-0.1, -0.05) is 18.2 Å². The van der Waals surface area contributed by atoms with Gasteiger partial charge in [-0.2, -0.15) is 0 Å². The van der Waals surface area contributed by atoms with Crippen LogP contribution in [0, 0.1) is 5.82 Å². The lowest BCUT2D eigenvalue weighted by Gasteiger charge is -2.07. The minimum absolute atomic E-state index is 0.0927. The fourth-order valence-corrected chi connectivity index (χ4v) is 2.93. The second kappa shape index (κ2) is 6.71. The Labute approximate surface area is 151 Å². The number of H-pyrrole nitrogens is 1.